The molecule has 1 atom stereocenters. The van der Waals surface area contributed by atoms with Crippen molar-refractivity contribution < 1.29 is 23.9 Å². The van der Waals surface area contributed by atoms with Crippen LogP contribution in [0, 0.1) is 6.92 Å². The highest BCUT2D eigenvalue weighted by molar-refractivity contribution is 6.34. The van der Waals surface area contributed by atoms with E-state index >= 15 is 0 Å². The summed E-state index contributed by atoms with van der Waals surface area (Å²) in [6, 6.07) is 10.3. The van der Waals surface area contributed by atoms with Crippen LogP contribution in [0.1, 0.15) is 11.1 Å². The summed E-state index contributed by atoms with van der Waals surface area (Å²) in [4.78, 5) is 32.7. The Morgan fingerprint density at radius 2 is 1.93 bits per heavy atom. The van der Waals surface area contributed by atoms with Gasteiger partial charge in [0, 0.05) is 10.6 Å². The number of hydrogen-bond acceptors (Lipinski definition) is 6. The minimum atomic E-state index is -1.04. The summed E-state index contributed by atoms with van der Waals surface area (Å²) >= 11 is 6.07. The number of rotatable bonds is 4. The Balaban J connectivity index is 1.86. The van der Waals surface area contributed by atoms with Crippen molar-refractivity contribution in [2.75, 3.05) is 19.1 Å². The van der Waals surface area contributed by atoms with Crippen molar-refractivity contribution in [2.24, 2.45) is 0 Å². The summed E-state index contributed by atoms with van der Waals surface area (Å²) in [6.07, 6.45) is -1.04. The number of ether oxygens (including phenoxy) is 2. The van der Waals surface area contributed by atoms with E-state index < -0.39 is 17.9 Å². The lowest BCUT2D eigenvalue weighted by molar-refractivity contribution is -0.127. The first-order valence-electron chi connectivity index (χ1n) is 8.49. The number of nitrogens with zero attached hydrogens (tertiary/aromatic N) is 1. The van der Waals surface area contributed by atoms with Gasteiger partial charge in [-0.25, -0.2) is 4.90 Å². The first-order chi connectivity index (χ1) is 13.5. The molecule has 7 nitrogen and oxygen atoms in total. The number of amides is 2. The van der Waals surface area contributed by atoms with E-state index in [1.807, 2.05) is 0 Å². The number of aryl methyl sites for hydroxylation is 1. The molecule has 0 saturated carbocycles. The molecular weight excluding hydrogens is 384 g/mol. The number of halogens is 1. The topological polar surface area (TPSA) is 77.1 Å². The van der Waals surface area contributed by atoms with Gasteiger partial charge in [0.25, 0.3) is 11.8 Å². The van der Waals surface area contributed by atoms with Gasteiger partial charge in [-0.05, 0) is 36.8 Å². The molecule has 2 amide bonds. The van der Waals surface area contributed by atoms with Gasteiger partial charge in [-0.1, -0.05) is 23.7 Å². The third-order valence-corrected chi connectivity index (χ3v) is 5.01. The molecule has 0 spiro atoms. The number of methoxy groups -OCH3 is 2. The van der Waals surface area contributed by atoms with Crippen molar-refractivity contribution in [1.29, 1.82) is 0 Å². The standard InChI is InChI=1S/C20H17ClN2O5/c1-10-7-8-11(21)9-13(10)23-19(24)15-16(22-28-18(15)20(23)25)12-5-4-6-14(26-2)17(12)27-3/h4-9,18,22H,1-3H3/t18-/m0/s1. The molecule has 28 heavy (non-hydrogen) atoms. The van der Waals surface area contributed by atoms with Crippen LogP contribution in [0.4, 0.5) is 5.69 Å². The van der Waals surface area contributed by atoms with Crippen molar-refractivity contribution >= 4 is 34.8 Å². The van der Waals surface area contributed by atoms with Crippen molar-refractivity contribution in [3.63, 3.8) is 0 Å². The number of hydroxylamine groups is 1. The predicted octanol–water partition coefficient (Wildman–Crippen LogP) is 2.85. The fourth-order valence-corrected chi connectivity index (χ4v) is 3.60. The zero-order valence-electron chi connectivity index (χ0n) is 15.4. The van der Waals surface area contributed by atoms with Gasteiger partial charge in [0.05, 0.1) is 31.2 Å². The summed E-state index contributed by atoms with van der Waals surface area (Å²) < 4.78 is 10.8. The Kier molecular flexibility index (Phi) is 4.49. The first kappa shape index (κ1) is 18.3. The SMILES string of the molecule is COc1cccc(C2=C3C(=O)N(c4cc(Cl)ccc4C)C(=O)[C@H]3ON2)c1OC. The Labute approximate surface area is 166 Å². The van der Waals surface area contributed by atoms with E-state index in [9.17, 15) is 9.59 Å². The van der Waals surface area contributed by atoms with Gasteiger partial charge < -0.3 is 9.47 Å². The molecule has 0 radical (unpaired) electrons. The van der Waals surface area contributed by atoms with Crippen LogP contribution in [0.2, 0.25) is 5.02 Å². The number of benzene rings is 2. The van der Waals surface area contributed by atoms with E-state index in [1.165, 1.54) is 14.2 Å². The lowest BCUT2D eigenvalue weighted by Crippen LogP contribution is -2.34. The van der Waals surface area contributed by atoms with Crippen molar-refractivity contribution in [3.05, 3.63) is 58.1 Å². The molecule has 1 fully saturated rings. The quantitative estimate of drug-likeness (QED) is 0.795. The molecule has 2 aliphatic rings. The van der Waals surface area contributed by atoms with Crippen LogP contribution in [0.3, 0.4) is 0 Å². The molecule has 144 valence electrons. The molecule has 1 N–H and O–H groups in total. The van der Waals surface area contributed by atoms with Crippen LogP contribution in [-0.2, 0) is 14.4 Å². The maximum atomic E-state index is 13.2. The summed E-state index contributed by atoms with van der Waals surface area (Å²) in [7, 11) is 3.03. The molecule has 4 rings (SSSR count). The van der Waals surface area contributed by atoms with Crippen molar-refractivity contribution in [1.82, 2.24) is 5.48 Å². The van der Waals surface area contributed by atoms with Gasteiger partial charge in [-0.3, -0.25) is 19.9 Å². The van der Waals surface area contributed by atoms with Crippen LogP contribution >= 0.6 is 11.6 Å². The molecule has 2 aromatic rings. The van der Waals surface area contributed by atoms with E-state index in [4.69, 9.17) is 25.9 Å². The van der Waals surface area contributed by atoms with Gasteiger partial charge in [0.2, 0.25) is 0 Å². The normalized spacial score (nSPS) is 18.4. The van der Waals surface area contributed by atoms with Gasteiger partial charge >= 0.3 is 0 Å². The Bertz CT molecular complexity index is 1030. The highest BCUT2D eigenvalue weighted by Gasteiger charge is 2.51. The van der Waals surface area contributed by atoms with Crippen molar-refractivity contribution in [2.45, 2.75) is 13.0 Å². The molecule has 0 unspecified atom stereocenters. The number of hydrogen-bond donors (Lipinski definition) is 1. The average molecular weight is 401 g/mol. The lowest BCUT2D eigenvalue weighted by Gasteiger charge is -2.19. The van der Waals surface area contributed by atoms with Crippen LogP contribution < -0.4 is 19.9 Å². The average Bonchev–Trinajstić information content (AvgIpc) is 3.23. The second-order valence-corrected chi connectivity index (χ2v) is 6.78. The minimum absolute atomic E-state index is 0.218. The fourth-order valence-electron chi connectivity index (χ4n) is 3.43. The third-order valence-electron chi connectivity index (χ3n) is 4.77. The molecule has 0 bridgehead atoms. The maximum absolute atomic E-state index is 13.2. The Morgan fingerprint density at radius 1 is 1.14 bits per heavy atom. The molecule has 0 aromatic heterocycles. The van der Waals surface area contributed by atoms with Gasteiger partial charge in [-0.2, -0.15) is 0 Å². The number of carbonyl (C=O) groups excluding carboxylic acids is 2. The molecule has 2 heterocycles. The molecule has 2 aliphatic heterocycles. The van der Waals surface area contributed by atoms with Gasteiger partial charge in [0.15, 0.2) is 17.6 Å². The smallest absolute Gasteiger partial charge is 0.270 e. The number of carbonyl (C=O) groups is 2. The fraction of sp³-hybridized carbons (Fsp3) is 0.200. The van der Waals surface area contributed by atoms with Gasteiger partial charge in [0.1, 0.15) is 0 Å². The number of imide groups is 1. The number of fused-ring (bicyclic) bond motifs is 1. The maximum Gasteiger partial charge on any atom is 0.270 e. The second-order valence-electron chi connectivity index (χ2n) is 6.34. The molecular formula is C20H17ClN2O5. The zero-order chi connectivity index (χ0) is 20.0. The highest BCUT2D eigenvalue weighted by Crippen LogP contribution is 2.42. The van der Waals surface area contributed by atoms with E-state index in [1.54, 1.807) is 43.3 Å². The van der Waals surface area contributed by atoms with Crippen LogP contribution in [0.25, 0.3) is 5.70 Å². The lowest BCUT2D eigenvalue weighted by atomic mass is 10.0. The molecule has 1 saturated heterocycles. The Hall–Kier alpha value is -3.03. The number of para-hydroxylation sites is 1. The van der Waals surface area contributed by atoms with Crippen LogP contribution in [0.15, 0.2) is 42.0 Å². The van der Waals surface area contributed by atoms with E-state index in [2.05, 4.69) is 5.48 Å². The molecule has 8 heteroatoms. The van der Waals surface area contributed by atoms with Gasteiger partial charge in [-0.15, -0.1) is 0 Å². The highest BCUT2D eigenvalue weighted by atomic mass is 35.5. The summed E-state index contributed by atoms with van der Waals surface area (Å²) in [5.41, 5.74) is 5.05. The van der Waals surface area contributed by atoms with Crippen molar-refractivity contribution in [3.8, 4) is 11.5 Å². The first-order valence-corrected chi connectivity index (χ1v) is 8.87. The Morgan fingerprint density at radius 3 is 2.64 bits per heavy atom. The number of nitrogens with one attached hydrogen (secondary N) is 1. The largest absolute Gasteiger partial charge is 0.493 e. The van der Waals surface area contributed by atoms with E-state index in [0.29, 0.717) is 33.5 Å². The van der Waals surface area contributed by atoms with Crippen LogP contribution in [0.5, 0.6) is 11.5 Å². The summed E-state index contributed by atoms with van der Waals surface area (Å²) in [6.45, 7) is 1.81. The monoisotopic (exact) mass is 400 g/mol. The second kappa shape index (κ2) is 6.85. The minimum Gasteiger partial charge on any atom is -0.493 e. The molecule has 2 aromatic carbocycles. The molecule has 0 aliphatic carbocycles. The summed E-state index contributed by atoms with van der Waals surface area (Å²) in [5.74, 6) is -0.0143. The predicted molar refractivity (Wildman–Crippen MR) is 103 cm³/mol. The van der Waals surface area contributed by atoms with Crippen LogP contribution in [-0.4, -0.2) is 32.1 Å². The van der Waals surface area contributed by atoms with E-state index in [0.717, 1.165) is 10.5 Å². The number of anilines is 1. The zero-order valence-corrected chi connectivity index (χ0v) is 16.2. The third kappa shape index (κ3) is 2.63. The van der Waals surface area contributed by atoms with E-state index in [-0.39, 0.29) is 5.57 Å². The summed E-state index contributed by atoms with van der Waals surface area (Å²) in [5, 5.41) is 0.431.